The van der Waals surface area contributed by atoms with E-state index in [1.807, 2.05) is 0 Å². The largest absolute Gasteiger partial charge is 0.384 e. The molecule has 0 radical (unpaired) electrons. The van der Waals surface area contributed by atoms with E-state index in [1.54, 1.807) is 0 Å². The smallest absolute Gasteiger partial charge is 0.287 e. The molecule has 0 spiro atoms. The van der Waals surface area contributed by atoms with Crippen molar-refractivity contribution in [2.75, 3.05) is 18.1 Å². The van der Waals surface area contributed by atoms with Gasteiger partial charge in [0.2, 0.25) is 17.6 Å². The van der Waals surface area contributed by atoms with Crippen molar-refractivity contribution in [1.82, 2.24) is 30.5 Å². The Morgan fingerprint density at radius 2 is 1.75 bits per heavy atom. The van der Waals surface area contributed by atoms with Gasteiger partial charge in [-0.3, -0.25) is 24.0 Å². The normalized spacial score (nSPS) is 22.4. The number of amides is 4. The van der Waals surface area contributed by atoms with Gasteiger partial charge in [-0.05, 0) is 51.2 Å². The summed E-state index contributed by atoms with van der Waals surface area (Å²) in [6.45, 7) is 2.79. The third kappa shape index (κ3) is 8.44. The molecule has 284 valence electrons. The molecule has 5 rings (SSSR count). The fourth-order valence-corrected chi connectivity index (χ4v) is 9.07. The summed E-state index contributed by atoms with van der Waals surface area (Å²) in [6, 6.07) is -2.20. The van der Waals surface area contributed by atoms with Gasteiger partial charge in [-0.15, -0.1) is 5.10 Å². The number of hydrogen-bond donors (Lipinski definition) is 4. The number of carbonyl (C=O) groups is 5. The first kappa shape index (κ1) is 39.2. The van der Waals surface area contributed by atoms with Crippen molar-refractivity contribution in [3.8, 4) is 0 Å². The van der Waals surface area contributed by atoms with Crippen LogP contribution >= 0.6 is 11.6 Å². The van der Waals surface area contributed by atoms with Gasteiger partial charge in [0.1, 0.15) is 34.9 Å². The Kier molecular flexibility index (Phi) is 11.4. The zero-order valence-corrected chi connectivity index (χ0v) is 30.3. The summed E-state index contributed by atoms with van der Waals surface area (Å²) in [4.78, 5) is 68.7. The van der Waals surface area contributed by atoms with Gasteiger partial charge in [0.15, 0.2) is 9.84 Å². The number of benzene rings is 1. The van der Waals surface area contributed by atoms with E-state index >= 15 is 0 Å². The lowest BCUT2D eigenvalue weighted by atomic mass is 9.84. The Bertz CT molecular complexity index is 1850. The molecule has 1 saturated carbocycles. The number of ketones is 1. The number of aliphatic hydroxyl groups is 1. The molecule has 19 heteroatoms. The molecule has 1 aromatic heterocycles. The molecular formula is C33H42ClF2N7O8S. The van der Waals surface area contributed by atoms with Crippen LogP contribution in [0.5, 0.6) is 0 Å². The number of nitrogens with two attached hydrogens (primary N) is 1. The van der Waals surface area contributed by atoms with Gasteiger partial charge in [-0.2, -0.15) is 0 Å². The molecule has 15 nitrogen and oxygen atoms in total. The lowest BCUT2D eigenvalue weighted by molar-refractivity contribution is -0.145. The Morgan fingerprint density at radius 3 is 2.37 bits per heavy atom. The lowest BCUT2D eigenvalue weighted by Crippen LogP contribution is -2.64. The number of carbonyl (C=O) groups excluding carboxylic acids is 5. The van der Waals surface area contributed by atoms with Crippen LogP contribution in [0.4, 0.5) is 8.78 Å². The van der Waals surface area contributed by atoms with E-state index in [1.165, 1.54) is 29.6 Å². The highest BCUT2D eigenvalue weighted by Crippen LogP contribution is 2.35. The van der Waals surface area contributed by atoms with Crippen LogP contribution in [0.3, 0.4) is 0 Å². The van der Waals surface area contributed by atoms with Crippen LogP contribution in [-0.2, 0) is 34.6 Å². The average Bonchev–Trinajstić information content (AvgIpc) is 3.75. The number of likely N-dealkylation sites (tertiary alicyclic amines) is 1. The second kappa shape index (κ2) is 15.1. The standard InChI is InChI=1S/C33H42ClF2N7O8S/c1-32(2,49)26-16-38-41-43(26)19-13-25(30(47)40-33(27(44)28(37)45)8-10-52(50,51)11-9-33)42(17-19)31(48)24(12-18-6-4-3-5-7-18)39-29(46)20-14-23(36)21(34)15-22(20)35/h14-16,18-19,24-25,49H,3-13,17H2,1-2H3,(H2,37,45)(H,39,46)(H,40,47)/t19-,24+,25-/m0/s1. The van der Waals surface area contributed by atoms with Gasteiger partial charge in [0.25, 0.3) is 11.8 Å². The van der Waals surface area contributed by atoms with Gasteiger partial charge in [0.05, 0.1) is 40.0 Å². The molecule has 2 saturated heterocycles. The molecule has 0 bridgehead atoms. The van der Waals surface area contributed by atoms with Crippen molar-refractivity contribution < 1.29 is 46.3 Å². The van der Waals surface area contributed by atoms with E-state index in [0.717, 1.165) is 32.1 Å². The first-order chi connectivity index (χ1) is 24.3. The number of primary amides is 1. The first-order valence-electron chi connectivity index (χ1n) is 17.1. The molecule has 2 aromatic rings. The lowest BCUT2D eigenvalue weighted by Gasteiger charge is -2.37. The maximum Gasteiger partial charge on any atom is 0.287 e. The summed E-state index contributed by atoms with van der Waals surface area (Å²) >= 11 is 5.68. The zero-order chi connectivity index (χ0) is 38.2. The first-order valence-corrected chi connectivity index (χ1v) is 19.3. The maximum atomic E-state index is 14.8. The van der Waals surface area contributed by atoms with E-state index in [0.29, 0.717) is 12.1 Å². The van der Waals surface area contributed by atoms with Gasteiger partial charge in [0, 0.05) is 13.0 Å². The molecule has 3 atom stereocenters. The van der Waals surface area contributed by atoms with E-state index < -0.39 is 115 Å². The number of aromatic nitrogens is 3. The fraction of sp³-hybridized carbons (Fsp3) is 0.606. The van der Waals surface area contributed by atoms with Gasteiger partial charge in [-0.1, -0.05) is 48.9 Å². The maximum absolute atomic E-state index is 14.8. The summed E-state index contributed by atoms with van der Waals surface area (Å²) < 4.78 is 55.1. The minimum absolute atomic E-state index is 0.0294. The summed E-state index contributed by atoms with van der Waals surface area (Å²) in [5.41, 5.74) is 1.49. The van der Waals surface area contributed by atoms with Crippen LogP contribution in [0.1, 0.15) is 93.7 Å². The van der Waals surface area contributed by atoms with Crippen molar-refractivity contribution in [2.45, 2.75) is 101 Å². The van der Waals surface area contributed by atoms with Crippen LogP contribution in [0, 0.1) is 17.6 Å². The molecule has 3 aliphatic rings. The SMILES string of the molecule is CC(C)(O)c1cnnn1[C@H]1C[C@@H](C(=O)NC2(C(=O)C(N)=O)CCS(=O)(=O)CC2)N(C(=O)[C@@H](CC2CCCCC2)NC(=O)c2cc(F)c(Cl)cc2F)C1. The monoisotopic (exact) mass is 769 g/mol. The number of Topliss-reactive ketones (excluding diaryl/α,β-unsaturated/α-hetero) is 1. The number of hydrogen-bond acceptors (Lipinski definition) is 10. The number of nitrogens with one attached hydrogen (secondary N) is 2. The quantitative estimate of drug-likeness (QED) is 0.190. The molecule has 52 heavy (non-hydrogen) atoms. The summed E-state index contributed by atoms with van der Waals surface area (Å²) in [6.07, 6.45) is 4.68. The summed E-state index contributed by atoms with van der Waals surface area (Å²) in [7, 11) is -3.58. The number of nitrogens with zero attached hydrogens (tertiary/aromatic N) is 4. The van der Waals surface area contributed by atoms with E-state index in [2.05, 4.69) is 20.9 Å². The van der Waals surface area contributed by atoms with E-state index in [4.69, 9.17) is 17.3 Å². The van der Waals surface area contributed by atoms with Gasteiger partial charge >= 0.3 is 0 Å². The Hall–Kier alpha value is -4.03. The molecule has 1 aliphatic carbocycles. The van der Waals surface area contributed by atoms with Crippen LogP contribution < -0.4 is 16.4 Å². The minimum Gasteiger partial charge on any atom is -0.384 e. The second-order valence-corrected chi connectivity index (χ2v) is 17.2. The highest BCUT2D eigenvalue weighted by Gasteiger charge is 2.51. The summed E-state index contributed by atoms with van der Waals surface area (Å²) in [5.74, 6) is -8.51. The Labute approximate surface area is 303 Å². The topological polar surface area (TPSA) is 224 Å². The Balaban J connectivity index is 1.52. The van der Waals surface area contributed by atoms with Crippen LogP contribution in [0.15, 0.2) is 18.3 Å². The van der Waals surface area contributed by atoms with Crippen LogP contribution in [0.2, 0.25) is 5.02 Å². The van der Waals surface area contributed by atoms with Gasteiger partial charge in [-0.25, -0.2) is 21.9 Å². The van der Waals surface area contributed by atoms with Crippen molar-refractivity contribution in [3.05, 3.63) is 46.2 Å². The van der Waals surface area contributed by atoms with Crippen LogP contribution in [0.25, 0.3) is 0 Å². The fourth-order valence-electron chi connectivity index (χ4n) is 7.40. The predicted molar refractivity (Wildman–Crippen MR) is 181 cm³/mol. The molecule has 4 amide bonds. The minimum atomic E-state index is -3.58. The molecule has 0 unspecified atom stereocenters. The average molecular weight is 770 g/mol. The molecule has 2 aliphatic heterocycles. The number of rotatable bonds is 11. The second-order valence-electron chi connectivity index (χ2n) is 14.4. The highest BCUT2D eigenvalue weighted by atomic mass is 35.5. The predicted octanol–water partition coefficient (Wildman–Crippen LogP) is 1.47. The van der Waals surface area contributed by atoms with Crippen LogP contribution in [-0.4, -0.2) is 98.5 Å². The van der Waals surface area contributed by atoms with E-state index in [-0.39, 0.29) is 31.0 Å². The van der Waals surface area contributed by atoms with Crippen molar-refractivity contribution in [3.63, 3.8) is 0 Å². The van der Waals surface area contributed by atoms with Crippen molar-refractivity contribution in [1.29, 1.82) is 0 Å². The molecule has 5 N–H and O–H groups in total. The molecule has 3 fully saturated rings. The van der Waals surface area contributed by atoms with E-state index in [9.17, 15) is 46.3 Å². The number of halogens is 3. The molecular weight excluding hydrogens is 728 g/mol. The Morgan fingerprint density at radius 1 is 1.10 bits per heavy atom. The summed E-state index contributed by atoms with van der Waals surface area (Å²) in [5, 5.41) is 23.4. The van der Waals surface area contributed by atoms with Crippen molar-refractivity contribution in [2.24, 2.45) is 11.7 Å². The van der Waals surface area contributed by atoms with Gasteiger partial charge < -0.3 is 26.4 Å². The number of sulfone groups is 1. The van der Waals surface area contributed by atoms with Crippen molar-refractivity contribution >= 4 is 50.9 Å². The third-order valence-electron chi connectivity index (χ3n) is 10.3. The molecule has 3 heterocycles. The highest BCUT2D eigenvalue weighted by molar-refractivity contribution is 7.91. The molecule has 1 aromatic carbocycles. The third-order valence-corrected chi connectivity index (χ3v) is 12.2. The zero-order valence-electron chi connectivity index (χ0n) is 28.7.